The third kappa shape index (κ3) is 3.34. The van der Waals surface area contributed by atoms with Gasteiger partial charge in [0.05, 0.1) is 25.8 Å². The molecule has 0 aliphatic carbocycles. The second-order valence-corrected chi connectivity index (χ2v) is 5.79. The van der Waals surface area contributed by atoms with E-state index < -0.39 is 0 Å². The number of methoxy groups -OCH3 is 2. The van der Waals surface area contributed by atoms with Crippen molar-refractivity contribution in [2.75, 3.05) is 21.3 Å². The molecule has 21 heavy (non-hydrogen) atoms. The highest BCUT2D eigenvalue weighted by Crippen LogP contribution is 2.39. The summed E-state index contributed by atoms with van der Waals surface area (Å²) < 4.78 is 11.9. The van der Waals surface area contributed by atoms with E-state index >= 15 is 0 Å². The summed E-state index contributed by atoms with van der Waals surface area (Å²) >= 11 is 9.82. The lowest BCUT2D eigenvalue weighted by Crippen LogP contribution is -2.19. The molecule has 0 aliphatic heterocycles. The van der Waals surface area contributed by atoms with E-state index in [-0.39, 0.29) is 6.04 Å². The molecule has 1 N–H and O–H groups in total. The zero-order valence-corrected chi connectivity index (χ0v) is 14.5. The molecule has 0 spiro atoms. The molecule has 0 aromatic heterocycles. The summed E-state index contributed by atoms with van der Waals surface area (Å²) in [7, 11) is 5.18. The molecule has 0 amide bonds. The molecule has 0 saturated heterocycles. The van der Waals surface area contributed by atoms with Crippen molar-refractivity contribution in [1.29, 1.82) is 0 Å². The van der Waals surface area contributed by atoms with Crippen LogP contribution in [0.2, 0.25) is 5.02 Å². The minimum atomic E-state index is -0.128. The predicted molar refractivity (Wildman–Crippen MR) is 89.6 cm³/mol. The Morgan fingerprint density at radius 2 is 1.71 bits per heavy atom. The van der Waals surface area contributed by atoms with Gasteiger partial charge in [-0.2, -0.15) is 0 Å². The van der Waals surface area contributed by atoms with Crippen molar-refractivity contribution >= 4 is 27.5 Å². The smallest absolute Gasteiger partial charge is 0.127 e. The predicted octanol–water partition coefficient (Wildman–Crippen LogP) is 4.43. The third-order valence-corrected chi connectivity index (χ3v) is 4.14. The summed E-state index contributed by atoms with van der Waals surface area (Å²) in [6.45, 7) is 0. The number of halogens is 2. The van der Waals surface area contributed by atoms with Crippen LogP contribution < -0.4 is 14.8 Å². The topological polar surface area (TPSA) is 30.5 Å². The second kappa shape index (κ2) is 7.16. The molecule has 2 aromatic rings. The molecule has 2 aromatic carbocycles. The third-order valence-electron chi connectivity index (χ3n) is 3.32. The second-order valence-electron chi connectivity index (χ2n) is 4.46. The summed E-state index contributed by atoms with van der Waals surface area (Å²) in [6.07, 6.45) is 0. The van der Waals surface area contributed by atoms with Gasteiger partial charge in [-0.15, -0.1) is 0 Å². The first-order valence-corrected chi connectivity index (χ1v) is 7.62. The summed E-state index contributed by atoms with van der Waals surface area (Å²) in [5, 5.41) is 3.96. The maximum atomic E-state index is 6.39. The summed E-state index contributed by atoms with van der Waals surface area (Å²) in [5.74, 6) is 1.51. The van der Waals surface area contributed by atoms with Crippen molar-refractivity contribution in [3.05, 3.63) is 57.0 Å². The average molecular weight is 371 g/mol. The van der Waals surface area contributed by atoms with Crippen molar-refractivity contribution in [3.8, 4) is 11.5 Å². The number of ether oxygens (including phenoxy) is 2. The van der Waals surface area contributed by atoms with Crippen LogP contribution in [-0.2, 0) is 0 Å². The van der Waals surface area contributed by atoms with Gasteiger partial charge in [0, 0.05) is 9.50 Å². The molecule has 0 radical (unpaired) electrons. The zero-order valence-electron chi connectivity index (χ0n) is 12.1. The van der Waals surface area contributed by atoms with Gasteiger partial charge in [-0.25, -0.2) is 0 Å². The van der Waals surface area contributed by atoms with Crippen LogP contribution in [0, 0.1) is 0 Å². The van der Waals surface area contributed by atoms with Crippen molar-refractivity contribution in [3.63, 3.8) is 0 Å². The first-order chi connectivity index (χ1) is 10.1. The van der Waals surface area contributed by atoms with E-state index in [9.17, 15) is 0 Å². The molecule has 112 valence electrons. The Morgan fingerprint density at radius 3 is 2.19 bits per heavy atom. The number of rotatable bonds is 5. The van der Waals surface area contributed by atoms with Crippen LogP contribution in [0.3, 0.4) is 0 Å². The lowest BCUT2D eigenvalue weighted by Gasteiger charge is -2.23. The molecule has 1 atom stereocenters. The fourth-order valence-corrected chi connectivity index (χ4v) is 3.14. The molecular weight excluding hydrogens is 354 g/mol. The van der Waals surface area contributed by atoms with Crippen molar-refractivity contribution in [2.24, 2.45) is 0 Å². The average Bonchev–Trinajstić information content (AvgIpc) is 2.49. The van der Waals surface area contributed by atoms with Gasteiger partial charge in [0.15, 0.2) is 0 Å². The quantitative estimate of drug-likeness (QED) is 0.844. The SMILES string of the molecule is CNC(c1ccc(Br)cc1Cl)c1c(OC)cccc1OC. The van der Waals surface area contributed by atoms with Crippen molar-refractivity contribution in [2.45, 2.75) is 6.04 Å². The Bertz CT molecular complexity index is 611. The van der Waals surface area contributed by atoms with E-state index in [0.717, 1.165) is 27.1 Å². The fraction of sp³-hybridized carbons (Fsp3) is 0.250. The van der Waals surface area contributed by atoms with Gasteiger partial charge in [-0.3, -0.25) is 0 Å². The molecule has 1 unspecified atom stereocenters. The molecule has 0 bridgehead atoms. The van der Waals surface area contributed by atoms with Crippen LogP contribution in [0.25, 0.3) is 0 Å². The van der Waals surface area contributed by atoms with E-state index in [2.05, 4.69) is 21.2 Å². The lowest BCUT2D eigenvalue weighted by molar-refractivity contribution is 0.379. The van der Waals surface area contributed by atoms with Crippen LogP contribution in [0.4, 0.5) is 0 Å². The molecule has 3 nitrogen and oxygen atoms in total. The van der Waals surface area contributed by atoms with Gasteiger partial charge < -0.3 is 14.8 Å². The maximum Gasteiger partial charge on any atom is 0.127 e. The van der Waals surface area contributed by atoms with E-state index in [0.29, 0.717) is 5.02 Å². The largest absolute Gasteiger partial charge is 0.496 e. The Morgan fingerprint density at radius 1 is 1.10 bits per heavy atom. The monoisotopic (exact) mass is 369 g/mol. The molecule has 0 fully saturated rings. The first kappa shape index (κ1) is 16.1. The van der Waals surface area contributed by atoms with E-state index in [1.54, 1.807) is 14.2 Å². The minimum absolute atomic E-state index is 0.128. The zero-order chi connectivity index (χ0) is 15.4. The van der Waals surface area contributed by atoms with E-state index in [1.165, 1.54) is 0 Å². The number of hydrogen-bond donors (Lipinski definition) is 1. The number of nitrogens with one attached hydrogen (secondary N) is 1. The fourth-order valence-electron chi connectivity index (χ4n) is 2.36. The van der Waals surface area contributed by atoms with Gasteiger partial charge in [0.25, 0.3) is 0 Å². The van der Waals surface area contributed by atoms with Gasteiger partial charge in [0.2, 0.25) is 0 Å². The molecule has 0 heterocycles. The van der Waals surface area contributed by atoms with Crippen LogP contribution in [0.15, 0.2) is 40.9 Å². The Labute approximate surface area is 138 Å². The van der Waals surface area contributed by atoms with Crippen molar-refractivity contribution < 1.29 is 9.47 Å². The highest BCUT2D eigenvalue weighted by Gasteiger charge is 2.23. The molecular formula is C16H17BrClNO2. The van der Waals surface area contributed by atoms with Crippen LogP contribution in [0.5, 0.6) is 11.5 Å². The molecule has 0 aliphatic rings. The molecule has 0 saturated carbocycles. The normalized spacial score (nSPS) is 12.0. The minimum Gasteiger partial charge on any atom is -0.496 e. The highest BCUT2D eigenvalue weighted by molar-refractivity contribution is 9.10. The maximum absolute atomic E-state index is 6.39. The van der Waals surface area contributed by atoms with Crippen LogP contribution in [-0.4, -0.2) is 21.3 Å². The van der Waals surface area contributed by atoms with E-state index in [4.69, 9.17) is 21.1 Å². The number of benzene rings is 2. The van der Waals surface area contributed by atoms with Gasteiger partial charge >= 0.3 is 0 Å². The summed E-state index contributed by atoms with van der Waals surface area (Å²) in [4.78, 5) is 0. The highest BCUT2D eigenvalue weighted by atomic mass is 79.9. The van der Waals surface area contributed by atoms with Crippen LogP contribution >= 0.6 is 27.5 Å². The van der Waals surface area contributed by atoms with Gasteiger partial charge in [0.1, 0.15) is 11.5 Å². The Hall–Kier alpha value is -1.23. The lowest BCUT2D eigenvalue weighted by atomic mass is 9.97. The van der Waals surface area contributed by atoms with E-state index in [1.807, 2.05) is 43.4 Å². The Balaban J connectivity index is 2.61. The summed E-state index contributed by atoms with van der Waals surface area (Å²) in [6, 6.07) is 11.4. The van der Waals surface area contributed by atoms with Gasteiger partial charge in [-0.1, -0.05) is 39.7 Å². The Kier molecular flexibility index (Phi) is 5.51. The van der Waals surface area contributed by atoms with Gasteiger partial charge in [-0.05, 0) is 36.9 Å². The molecule has 5 heteroatoms. The standard InChI is InChI=1S/C16H17BrClNO2/c1-19-16(11-8-7-10(17)9-12(11)18)15-13(20-2)5-4-6-14(15)21-3/h4-9,16,19H,1-3H3. The van der Waals surface area contributed by atoms with Crippen LogP contribution in [0.1, 0.15) is 17.2 Å². The summed E-state index contributed by atoms with van der Waals surface area (Å²) in [5.41, 5.74) is 1.89. The first-order valence-electron chi connectivity index (χ1n) is 6.45. The number of hydrogen-bond acceptors (Lipinski definition) is 3. The molecule has 2 rings (SSSR count). The van der Waals surface area contributed by atoms with Crippen molar-refractivity contribution in [1.82, 2.24) is 5.32 Å².